The maximum absolute atomic E-state index is 14.0. The molecular weight excluding hydrogens is 550 g/mol. The van der Waals surface area contributed by atoms with E-state index in [1.165, 1.54) is 36.3 Å². The quantitative estimate of drug-likeness (QED) is 0.300. The van der Waals surface area contributed by atoms with Crippen LogP contribution in [0.5, 0.6) is 5.75 Å². The first-order valence-corrected chi connectivity index (χ1v) is 14.9. The third-order valence-electron chi connectivity index (χ3n) is 6.30. The summed E-state index contributed by atoms with van der Waals surface area (Å²) in [5, 5.41) is 3.12. The summed E-state index contributed by atoms with van der Waals surface area (Å²) in [5.41, 5.74) is 1.01. The highest BCUT2D eigenvalue weighted by Gasteiger charge is 2.33. The van der Waals surface area contributed by atoms with Crippen molar-refractivity contribution in [2.24, 2.45) is 5.92 Å². The second kappa shape index (κ2) is 14.2. The second-order valence-corrected chi connectivity index (χ2v) is 12.0. The van der Waals surface area contributed by atoms with Gasteiger partial charge < -0.3 is 15.0 Å². The normalized spacial score (nSPS) is 12.1. The molecule has 214 valence electrons. The van der Waals surface area contributed by atoms with Crippen molar-refractivity contribution < 1.29 is 22.7 Å². The molecule has 0 radical (unpaired) electrons. The van der Waals surface area contributed by atoms with E-state index in [-0.39, 0.29) is 34.0 Å². The van der Waals surface area contributed by atoms with Crippen LogP contribution in [0, 0.1) is 5.92 Å². The number of anilines is 1. The largest absolute Gasteiger partial charge is 0.495 e. The summed E-state index contributed by atoms with van der Waals surface area (Å²) >= 11 is 6.36. The molecule has 0 aliphatic carbocycles. The van der Waals surface area contributed by atoms with Gasteiger partial charge in [0.05, 0.1) is 22.7 Å². The molecule has 0 fully saturated rings. The smallest absolute Gasteiger partial charge is 0.264 e. The zero-order chi connectivity index (χ0) is 29.3. The Bertz CT molecular complexity index is 1380. The Kier molecular flexibility index (Phi) is 11.0. The average molecular weight is 586 g/mol. The first-order chi connectivity index (χ1) is 19.1. The van der Waals surface area contributed by atoms with Crippen molar-refractivity contribution >= 4 is 39.1 Å². The Balaban J connectivity index is 2.05. The number of hydrogen-bond donors (Lipinski definition) is 1. The molecule has 1 unspecified atom stereocenters. The van der Waals surface area contributed by atoms with Crippen LogP contribution in [-0.2, 0) is 26.2 Å². The molecule has 0 aliphatic heterocycles. The van der Waals surface area contributed by atoms with Gasteiger partial charge in [0, 0.05) is 13.1 Å². The van der Waals surface area contributed by atoms with Crippen LogP contribution in [0.1, 0.15) is 32.8 Å². The predicted octanol–water partition coefficient (Wildman–Crippen LogP) is 5.12. The summed E-state index contributed by atoms with van der Waals surface area (Å²) in [6.07, 6.45) is 0.350. The van der Waals surface area contributed by atoms with Gasteiger partial charge in [-0.2, -0.15) is 0 Å². The first kappa shape index (κ1) is 31.0. The van der Waals surface area contributed by atoms with Crippen molar-refractivity contribution in [2.75, 3.05) is 24.5 Å². The lowest BCUT2D eigenvalue weighted by atomic mass is 10.1. The van der Waals surface area contributed by atoms with E-state index in [4.69, 9.17) is 16.3 Å². The molecule has 0 spiro atoms. The molecule has 0 saturated carbocycles. The van der Waals surface area contributed by atoms with Gasteiger partial charge in [0.15, 0.2) is 0 Å². The van der Waals surface area contributed by atoms with Gasteiger partial charge in [-0.05, 0) is 48.2 Å². The van der Waals surface area contributed by atoms with Crippen LogP contribution in [0.2, 0.25) is 5.02 Å². The lowest BCUT2D eigenvalue weighted by Crippen LogP contribution is -2.52. The predicted molar refractivity (Wildman–Crippen MR) is 158 cm³/mol. The molecule has 3 aromatic carbocycles. The van der Waals surface area contributed by atoms with Crippen LogP contribution in [-0.4, -0.2) is 51.4 Å². The van der Waals surface area contributed by atoms with Gasteiger partial charge in [-0.1, -0.05) is 80.9 Å². The SMILES string of the molecule is CCC(C(=O)NCC(C)C)N(Cc1ccccc1)C(=O)CN(c1ccc(OC)c(Cl)c1)S(=O)(=O)c1ccccc1. The number of ether oxygens (including phenoxy) is 1. The molecule has 0 saturated heterocycles. The third kappa shape index (κ3) is 7.76. The molecule has 10 heteroatoms. The molecule has 40 heavy (non-hydrogen) atoms. The molecule has 2 amide bonds. The molecule has 0 aliphatic rings. The number of benzene rings is 3. The Morgan fingerprint density at radius 3 is 2.15 bits per heavy atom. The molecule has 0 heterocycles. The molecule has 0 aromatic heterocycles. The summed E-state index contributed by atoms with van der Waals surface area (Å²) in [4.78, 5) is 28.7. The fraction of sp³-hybridized carbons (Fsp3) is 0.333. The Morgan fingerprint density at radius 2 is 1.60 bits per heavy atom. The summed E-state index contributed by atoms with van der Waals surface area (Å²) in [7, 11) is -2.72. The van der Waals surface area contributed by atoms with E-state index in [9.17, 15) is 18.0 Å². The number of hydrogen-bond acceptors (Lipinski definition) is 5. The van der Waals surface area contributed by atoms with E-state index in [0.717, 1.165) is 9.87 Å². The number of sulfonamides is 1. The molecule has 1 atom stereocenters. The van der Waals surface area contributed by atoms with Crippen molar-refractivity contribution in [3.8, 4) is 5.75 Å². The highest BCUT2D eigenvalue weighted by molar-refractivity contribution is 7.92. The van der Waals surface area contributed by atoms with Gasteiger partial charge in [0.2, 0.25) is 11.8 Å². The van der Waals surface area contributed by atoms with Crippen molar-refractivity contribution in [1.29, 1.82) is 0 Å². The topological polar surface area (TPSA) is 96.0 Å². The summed E-state index contributed by atoms with van der Waals surface area (Å²) in [6.45, 7) is 5.85. The number of carbonyl (C=O) groups excluding carboxylic acids is 2. The maximum atomic E-state index is 14.0. The van der Waals surface area contributed by atoms with Crippen molar-refractivity contribution in [1.82, 2.24) is 10.2 Å². The summed E-state index contributed by atoms with van der Waals surface area (Å²) < 4.78 is 34.0. The average Bonchev–Trinajstić information content (AvgIpc) is 2.95. The molecule has 1 N–H and O–H groups in total. The van der Waals surface area contributed by atoms with Crippen LogP contribution < -0.4 is 14.4 Å². The van der Waals surface area contributed by atoms with E-state index in [2.05, 4.69) is 5.32 Å². The number of amides is 2. The Morgan fingerprint density at radius 1 is 0.975 bits per heavy atom. The minimum absolute atomic E-state index is 0.0195. The van der Waals surface area contributed by atoms with Gasteiger partial charge in [-0.15, -0.1) is 0 Å². The lowest BCUT2D eigenvalue weighted by molar-refractivity contribution is -0.140. The molecular formula is C30H36ClN3O5S. The minimum Gasteiger partial charge on any atom is -0.495 e. The van der Waals surface area contributed by atoms with E-state index in [0.29, 0.717) is 18.7 Å². The molecule has 8 nitrogen and oxygen atoms in total. The molecule has 3 aromatic rings. The third-order valence-corrected chi connectivity index (χ3v) is 8.38. The van der Waals surface area contributed by atoms with Gasteiger partial charge in [-0.25, -0.2) is 8.42 Å². The standard InChI is InChI=1S/C30H36ClN3O5S/c1-5-27(30(36)32-19-22(2)3)33(20-23-12-8-6-9-13-23)29(35)21-34(24-16-17-28(39-4)26(31)18-24)40(37,38)25-14-10-7-11-15-25/h6-18,22,27H,5,19-21H2,1-4H3,(H,32,36). The van der Waals surface area contributed by atoms with Crippen LogP contribution in [0.3, 0.4) is 0 Å². The zero-order valence-corrected chi connectivity index (χ0v) is 24.8. The van der Waals surface area contributed by atoms with Gasteiger partial charge in [0.1, 0.15) is 18.3 Å². The van der Waals surface area contributed by atoms with E-state index in [1.54, 1.807) is 24.3 Å². The van der Waals surface area contributed by atoms with Gasteiger partial charge in [0.25, 0.3) is 10.0 Å². The number of halogens is 1. The van der Waals surface area contributed by atoms with Gasteiger partial charge >= 0.3 is 0 Å². The van der Waals surface area contributed by atoms with Crippen LogP contribution >= 0.6 is 11.6 Å². The number of rotatable bonds is 13. The number of nitrogens with one attached hydrogen (secondary N) is 1. The lowest BCUT2D eigenvalue weighted by Gasteiger charge is -2.33. The Labute approximate surface area is 241 Å². The van der Waals surface area contributed by atoms with Crippen LogP contribution in [0.15, 0.2) is 83.8 Å². The van der Waals surface area contributed by atoms with E-state index < -0.39 is 28.5 Å². The van der Waals surface area contributed by atoms with Crippen LogP contribution in [0.4, 0.5) is 5.69 Å². The van der Waals surface area contributed by atoms with E-state index >= 15 is 0 Å². The monoisotopic (exact) mass is 585 g/mol. The van der Waals surface area contributed by atoms with Crippen molar-refractivity contribution in [3.05, 3.63) is 89.4 Å². The van der Waals surface area contributed by atoms with E-state index in [1.807, 2.05) is 51.1 Å². The van der Waals surface area contributed by atoms with Crippen molar-refractivity contribution in [3.63, 3.8) is 0 Å². The first-order valence-electron chi connectivity index (χ1n) is 13.1. The summed E-state index contributed by atoms with van der Waals surface area (Å²) in [5.74, 6) is -0.217. The van der Waals surface area contributed by atoms with Gasteiger partial charge in [-0.3, -0.25) is 13.9 Å². The number of nitrogens with zero attached hydrogens (tertiary/aromatic N) is 2. The van der Waals surface area contributed by atoms with Crippen LogP contribution in [0.25, 0.3) is 0 Å². The number of carbonyl (C=O) groups is 2. The molecule has 0 bridgehead atoms. The summed E-state index contributed by atoms with van der Waals surface area (Å²) in [6, 6.07) is 20.9. The molecule has 3 rings (SSSR count). The highest BCUT2D eigenvalue weighted by Crippen LogP contribution is 2.32. The fourth-order valence-electron chi connectivity index (χ4n) is 4.18. The zero-order valence-electron chi connectivity index (χ0n) is 23.2. The second-order valence-electron chi connectivity index (χ2n) is 9.71. The van der Waals surface area contributed by atoms with Crippen molar-refractivity contribution in [2.45, 2.75) is 44.7 Å². The maximum Gasteiger partial charge on any atom is 0.264 e. The number of methoxy groups -OCH3 is 1. The highest BCUT2D eigenvalue weighted by atomic mass is 35.5. The minimum atomic E-state index is -4.18. The Hall–Kier alpha value is -3.56. The fourth-order valence-corrected chi connectivity index (χ4v) is 5.86.